The Morgan fingerprint density at radius 1 is 0.773 bits per heavy atom. The van der Waals surface area contributed by atoms with Gasteiger partial charge in [-0.15, -0.1) is 0 Å². The smallest absolute Gasteiger partial charge is 0.449 e. The summed E-state index contributed by atoms with van der Waals surface area (Å²) in [5.41, 5.74) is 0.0268. The number of nitrogens with one attached hydrogen (secondary N) is 4. The Kier molecular flexibility index (Phi) is 14.3. The van der Waals surface area contributed by atoms with Crippen molar-refractivity contribution in [3.8, 4) is 0 Å². The lowest BCUT2D eigenvalue weighted by atomic mass is 9.45. The van der Waals surface area contributed by atoms with E-state index in [-0.39, 0.29) is 128 Å². The van der Waals surface area contributed by atoms with E-state index >= 15 is 0 Å². The third-order valence-electron chi connectivity index (χ3n) is 15.8. The number of carbonyl (C=O) groups is 8. The van der Waals surface area contributed by atoms with Gasteiger partial charge in [0.1, 0.15) is 0 Å². The first-order valence-electron chi connectivity index (χ1n) is 24.2. The largest absolute Gasteiger partial charge is 0.481 e. The summed E-state index contributed by atoms with van der Waals surface area (Å²) in [5.74, 6) is -0.634. The van der Waals surface area contributed by atoms with E-state index in [1.54, 1.807) is 11.7 Å². The van der Waals surface area contributed by atoms with Crippen LogP contribution in [0.25, 0.3) is 0 Å². The van der Waals surface area contributed by atoms with Crippen LogP contribution in [0.5, 0.6) is 0 Å². The molecule has 10 aliphatic rings. The number of imide groups is 2. The molecule has 8 amide bonds. The van der Waals surface area contributed by atoms with Crippen LogP contribution >= 0.6 is 0 Å². The Morgan fingerprint density at radius 3 is 1.79 bits per heavy atom. The van der Waals surface area contributed by atoms with E-state index in [4.69, 9.17) is 9.31 Å². The highest BCUT2D eigenvalue weighted by atomic mass is 16.7. The summed E-state index contributed by atoms with van der Waals surface area (Å²) >= 11 is 0. The average molecular weight is 917 g/mol. The van der Waals surface area contributed by atoms with Gasteiger partial charge in [-0.3, -0.25) is 48.2 Å². The van der Waals surface area contributed by atoms with Gasteiger partial charge in [0.15, 0.2) is 0 Å². The molecule has 0 radical (unpaired) electrons. The van der Waals surface area contributed by atoms with Crippen molar-refractivity contribution in [1.29, 1.82) is 0 Å². The molecule has 8 fully saturated rings. The highest BCUT2D eigenvalue weighted by molar-refractivity contribution is 6.51. The number of rotatable bonds is 14. The van der Waals surface area contributed by atoms with Crippen LogP contribution in [0, 0.1) is 17.3 Å². The molecule has 19 nitrogen and oxygen atoms in total. The van der Waals surface area contributed by atoms with Crippen LogP contribution < -0.4 is 21.3 Å². The van der Waals surface area contributed by atoms with Crippen molar-refractivity contribution in [2.75, 3.05) is 39.3 Å². The maximum atomic E-state index is 13.6. The summed E-state index contributed by atoms with van der Waals surface area (Å²) in [6, 6.07) is -0.969. The summed E-state index contributed by atoms with van der Waals surface area (Å²) in [7, 11) is -0.381. The molecule has 3 saturated carbocycles. The lowest BCUT2D eigenvalue weighted by molar-refractivity contribution is -0.185. The molecule has 0 aromatic carbocycles. The summed E-state index contributed by atoms with van der Waals surface area (Å²) < 4.78 is 13.2. The Hall–Kier alpha value is -4.43. The quantitative estimate of drug-likeness (QED) is 0.109. The number of amides is 8. The van der Waals surface area contributed by atoms with Gasteiger partial charge in [-0.25, -0.2) is 0 Å². The topological polar surface area (TPSA) is 236 Å². The standard InChI is InChI=1S/C27H39BN4O6.C18H27BN4O5/c1-26(2)16-12-18(26)24-27(3,14-16)38-28(37-24)20-6-4-10-31(20)25(36)19-13-17(15-29-19)30-21(33)7-5-11-32-22(34)8-9-23(32)35;1-19(28)14-4-2-8-22(14)18(27)13-10-12(11-20-13)21-15(24)5-3-9-23-16(25)6-7-17(23)26/h8-9,16-20,24,29H,4-7,10-15H2,1-3H3,(H,30,33);6-7,12-14,20,28H,2-5,8-11H2,1H3,(H,21,24)/t16?,17-,18?,19+,20+,24?,27?;12-,13+,14+/m11/s1. The van der Waals surface area contributed by atoms with Crippen molar-refractivity contribution in [3.63, 3.8) is 0 Å². The monoisotopic (exact) mass is 917 g/mol. The van der Waals surface area contributed by atoms with Gasteiger partial charge in [0.2, 0.25) is 23.6 Å². The van der Waals surface area contributed by atoms with E-state index in [1.165, 1.54) is 30.7 Å². The van der Waals surface area contributed by atoms with Gasteiger partial charge in [0, 0.05) is 94.4 Å². The fraction of sp³-hybridized carbons (Fsp3) is 0.733. The Balaban J connectivity index is 0.000000189. The van der Waals surface area contributed by atoms with Gasteiger partial charge >= 0.3 is 14.0 Å². The molecule has 5 N–H and O–H groups in total. The summed E-state index contributed by atoms with van der Waals surface area (Å²) in [4.78, 5) is 103. The molecule has 0 aromatic heterocycles. The third kappa shape index (κ3) is 9.91. The molecule has 7 heterocycles. The first-order chi connectivity index (χ1) is 31.4. The maximum absolute atomic E-state index is 13.6. The molecular formula is C45H66B2N8O11. The predicted octanol–water partition coefficient (Wildman–Crippen LogP) is -0.521. The normalized spacial score (nSPS) is 34.0. The highest BCUT2D eigenvalue weighted by Crippen LogP contribution is 2.65. The molecule has 5 saturated heterocycles. The zero-order valence-corrected chi connectivity index (χ0v) is 38.7. The van der Waals surface area contributed by atoms with Crippen LogP contribution in [0.3, 0.4) is 0 Å². The Bertz CT molecular complexity index is 1980. The fourth-order valence-electron chi connectivity index (χ4n) is 12.0. The van der Waals surface area contributed by atoms with Gasteiger partial charge in [0.05, 0.1) is 29.7 Å². The van der Waals surface area contributed by atoms with Gasteiger partial charge in [0.25, 0.3) is 23.6 Å². The molecule has 0 spiro atoms. The van der Waals surface area contributed by atoms with Crippen molar-refractivity contribution in [2.24, 2.45) is 17.3 Å². The van der Waals surface area contributed by atoms with E-state index in [1.807, 2.05) is 4.90 Å². The van der Waals surface area contributed by atoms with E-state index in [2.05, 4.69) is 42.0 Å². The lowest BCUT2D eigenvalue weighted by Crippen LogP contribution is -2.63. The van der Waals surface area contributed by atoms with Crippen LogP contribution in [-0.4, -0.2) is 173 Å². The third-order valence-corrected chi connectivity index (χ3v) is 15.8. The molecule has 21 heteroatoms. The fourth-order valence-corrected chi connectivity index (χ4v) is 12.0. The number of nitrogens with zero attached hydrogens (tertiary/aromatic N) is 4. The van der Waals surface area contributed by atoms with Gasteiger partial charge in [-0.05, 0) is 88.4 Å². The van der Waals surface area contributed by atoms with Crippen molar-refractivity contribution < 1.29 is 52.7 Å². The van der Waals surface area contributed by atoms with Crippen LogP contribution in [0.1, 0.15) is 97.8 Å². The van der Waals surface area contributed by atoms with Crippen LogP contribution in [0.2, 0.25) is 6.82 Å². The molecular weight excluding hydrogens is 850 g/mol. The number of carbonyl (C=O) groups excluding carboxylic acids is 8. The molecule has 10 rings (SSSR count). The minimum atomic E-state index is -0.548. The number of hydrogen-bond donors (Lipinski definition) is 5. The van der Waals surface area contributed by atoms with Crippen molar-refractivity contribution in [3.05, 3.63) is 24.3 Å². The average Bonchev–Trinajstić information content (AvgIpc) is 4.15. The molecule has 0 aromatic rings. The highest BCUT2D eigenvalue weighted by Gasteiger charge is 2.68. The summed E-state index contributed by atoms with van der Waals surface area (Å²) in [6.07, 6.45) is 13.1. The summed E-state index contributed by atoms with van der Waals surface area (Å²) in [5, 5.41) is 22.2. The van der Waals surface area contributed by atoms with Crippen molar-refractivity contribution in [2.45, 2.75) is 152 Å². The molecule has 2 bridgehead atoms. The maximum Gasteiger partial charge on any atom is 0.481 e. The zero-order valence-electron chi connectivity index (χ0n) is 38.7. The van der Waals surface area contributed by atoms with Crippen molar-refractivity contribution >= 4 is 61.3 Å². The molecule has 66 heavy (non-hydrogen) atoms. The summed E-state index contributed by atoms with van der Waals surface area (Å²) in [6.45, 7) is 10.9. The second kappa shape index (κ2) is 19.7. The van der Waals surface area contributed by atoms with Gasteiger partial charge < -0.3 is 45.4 Å². The van der Waals surface area contributed by atoms with E-state index in [0.29, 0.717) is 69.1 Å². The Morgan fingerprint density at radius 2 is 1.27 bits per heavy atom. The molecule has 10 atom stereocenters. The number of hydrogen-bond acceptors (Lipinski definition) is 13. The number of likely N-dealkylation sites (tertiary alicyclic amines) is 2. The molecule has 3 aliphatic carbocycles. The molecule has 358 valence electrons. The first kappa shape index (κ1) is 48.0. The van der Waals surface area contributed by atoms with Crippen LogP contribution in [0.4, 0.5) is 0 Å². The van der Waals surface area contributed by atoms with Crippen LogP contribution in [0.15, 0.2) is 24.3 Å². The van der Waals surface area contributed by atoms with E-state index in [0.717, 1.165) is 41.9 Å². The minimum absolute atomic E-state index is 0.0151. The second-order valence-electron chi connectivity index (χ2n) is 20.6. The second-order valence-corrected chi connectivity index (χ2v) is 20.6. The molecule has 4 unspecified atom stereocenters. The molecule has 7 aliphatic heterocycles. The Labute approximate surface area is 387 Å². The van der Waals surface area contributed by atoms with E-state index in [9.17, 15) is 43.4 Å². The van der Waals surface area contributed by atoms with E-state index < -0.39 is 6.92 Å². The van der Waals surface area contributed by atoms with Gasteiger partial charge in [-0.1, -0.05) is 20.7 Å². The predicted molar refractivity (Wildman–Crippen MR) is 240 cm³/mol. The zero-order chi connectivity index (χ0) is 47.1. The van der Waals surface area contributed by atoms with Gasteiger partial charge in [-0.2, -0.15) is 0 Å². The minimum Gasteiger partial charge on any atom is -0.449 e. The first-order valence-corrected chi connectivity index (χ1v) is 24.2. The lowest BCUT2D eigenvalue weighted by Gasteiger charge is -2.63. The SMILES string of the molecule is CB(O)[C@@H]1CCCN1C(=O)[C@@H]1C[C@@H](NC(=O)CCCN2C(=O)C=CC2=O)CN1.CC12CC3CC(C1OB([C@@H]1CCCN1C(=O)[C@@H]1C[C@@H](NC(=O)CCCN4C(=O)C=CC4=O)CN1)O2)C3(C)C. The van der Waals surface area contributed by atoms with Crippen molar-refractivity contribution in [1.82, 2.24) is 40.9 Å². The van der Waals surface area contributed by atoms with Crippen LogP contribution in [-0.2, 0) is 47.7 Å².